The predicted octanol–water partition coefficient (Wildman–Crippen LogP) is 7.34. The number of allylic oxidation sites excluding steroid dienone is 1. The summed E-state index contributed by atoms with van der Waals surface area (Å²) in [7, 11) is 0. The second kappa shape index (κ2) is 9.93. The van der Waals surface area contributed by atoms with Crippen LogP contribution in [0.25, 0.3) is 6.08 Å². The van der Waals surface area contributed by atoms with E-state index in [0.717, 1.165) is 32.1 Å². The third-order valence-corrected chi connectivity index (χ3v) is 12.0. The van der Waals surface area contributed by atoms with Gasteiger partial charge in [0.05, 0.1) is 12.2 Å². The molecule has 37 heavy (non-hydrogen) atoms. The Morgan fingerprint density at radius 1 is 0.973 bits per heavy atom. The molecule has 0 aromatic heterocycles. The highest BCUT2D eigenvalue weighted by Gasteiger charge is 2.64. The summed E-state index contributed by atoms with van der Waals surface area (Å²) in [6.45, 7) is 9.48. The zero-order valence-corrected chi connectivity index (χ0v) is 23.0. The average molecular weight is 517 g/mol. The van der Waals surface area contributed by atoms with Crippen LogP contribution in [0.5, 0.6) is 5.75 Å². The van der Waals surface area contributed by atoms with Crippen LogP contribution in [0.3, 0.4) is 0 Å². The number of benzene rings is 1. The second-order valence-corrected chi connectivity index (χ2v) is 13.6. The molecule has 0 spiro atoms. The van der Waals surface area contributed by atoms with E-state index in [1.54, 1.807) is 6.08 Å². The van der Waals surface area contributed by atoms with Gasteiger partial charge in [0, 0.05) is 0 Å². The van der Waals surface area contributed by atoms with Gasteiger partial charge in [0.2, 0.25) is 0 Å². The standard InChI is InChI=1S/C32H46F2O3/c1-5-21-25-17-20(35)11-13-32(25,4)24-12-14-31(3)22(9-10-23(31)28(24)29(21)36)18(2)7-6-8-19-15-26(33)30(37)27(34)16-19/h6,8,15-16,18,20-25,28-29,35-37H,5,7,9-14,17H2,1-4H3/b8-6+/t18-,20-,21-,22-,23+,24+,25+,28?,29-,31?,32-/m1/s1. The molecule has 11 atom stereocenters. The van der Waals surface area contributed by atoms with Gasteiger partial charge in [-0.1, -0.05) is 46.3 Å². The second-order valence-electron chi connectivity index (χ2n) is 13.6. The summed E-state index contributed by atoms with van der Waals surface area (Å²) in [5.41, 5.74) is 0.834. The van der Waals surface area contributed by atoms with E-state index < -0.39 is 17.4 Å². The maximum absolute atomic E-state index is 13.7. The van der Waals surface area contributed by atoms with Gasteiger partial charge in [0.15, 0.2) is 17.4 Å². The van der Waals surface area contributed by atoms with Crippen LogP contribution < -0.4 is 0 Å². The minimum absolute atomic E-state index is 0.196. The summed E-state index contributed by atoms with van der Waals surface area (Å²) in [6.07, 6.45) is 12.6. The Kier molecular flexibility index (Phi) is 7.28. The molecule has 0 aliphatic heterocycles. The summed E-state index contributed by atoms with van der Waals surface area (Å²) >= 11 is 0. The Balaban J connectivity index is 1.34. The molecule has 1 aromatic carbocycles. The van der Waals surface area contributed by atoms with Crippen LogP contribution in [-0.4, -0.2) is 27.5 Å². The molecule has 0 heterocycles. The Morgan fingerprint density at radius 2 is 1.62 bits per heavy atom. The molecule has 5 rings (SSSR count). The Bertz CT molecular complexity index is 1000. The van der Waals surface area contributed by atoms with Gasteiger partial charge in [-0.05, 0) is 121 Å². The number of aliphatic hydroxyl groups excluding tert-OH is 2. The van der Waals surface area contributed by atoms with Crippen molar-refractivity contribution < 1.29 is 24.1 Å². The number of rotatable bonds is 5. The van der Waals surface area contributed by atoms with Crippen molar-refractivity contribution >= 4 is 6.08 Å². The fourth-order valence-electron chi connectivity index (χ4n) is 10.2. The van der Waals surface area contributed by atoms with Crippen LogP contribution in [0.15, 0.2) is 18.2 Å². The summed E-state index contributed by atoms with van der Waals surface area (Å²) < 4.78 is 27.4. The number of fused-ring (bicyclic) bond motifs is 5. The maximum Gasteiger partial charge on any atom is 0.187 e. The molecule has 0 amide bonds. The third-order valence-electron chi connectivity index (χ3n) is 12.0. The van der Waals surface area contributed by atoms with Crippen molar-refractivity contribution in [1.82, 2.24) is 0 Å². The van der Waals surface area contributed by atoms with E-state index in [1.807, 2.05) is 6.08 Å². The zero-order chi connectivity index (χ0) is 26.7. The number of phenolic OH excluding ortho intramolecular Hbond substituents is 1. The van der Waals surface area contributed by atoms with E-state index >= 15 is 0 Å². The molecule has 5 heteroatoms. The first-order valence-electron chi connectivity index (χ1n) is 14.7. The quantitative estimate of drug-likeness (QED) is 0.384. The van der Waals surface area contributed by atoms with Gasteiger partial charge >= 0.3 is 0 Å². The van der Waals surface area contributed by atoms with Crippen molar-refractivity contribution in [1.29, 1.82) is 0 Å². The highest BCUT2D eigenvalue weighted by molar-refractivity contribution is 5.51. The van der Waals surface area contributed by atoms with Gasteiger partial charge in [-0.15, -0.1) is 0 Å². The van der Waals surface area contributed by atoms with Crippen LogP contribution >= 0.6 is 0 Å². The van der Waals surface area contributed by atoms with Crippen LogP contribution in [0.4, 0.5) is 8.78 Å². The Hall–Kier alpha value is -1.46. The number of phenols is 1. The monoisotopic (exact) mass is 516 g/mol. The van der Waals surface area contributed by atoms with Gasteiger partial charge in [-0.25, -0.2) is 8.78 Å². The predicted molar refractivity (Wildman–Crippen MR) is 143 cm³/mol. The van der Waals surface area contributed by atoms with Crippen molar-refractivity contribution in [2.75, 3.05) is 0 Å². The number of aliphatic hydroxyl groups is 2. The molecule has 1 aromatic rings. The van der Waals surface area contributed by atoms with Gasteiger partial charge in [0.25, 0.3) is 0 Å². The molecule has 4 saturated carbocycles. The molecule has 4 fully saturated rings. The van der Waals surface area contributed by atoms with Gasteiger partial charge in [-0.2, -0.15) is 0 Å². The topological polar surface area (TPSA) is 60.7 Å². The van der Waals surface area contributed by atoms with Crippen LogP contribution in [-0.2, 0) is 0 Å². The number of hydrogen-bond acceptors (Lipinski definition) is 3. The van der Waals surface area contributed by atoms with E-state index in [0.29, 0.717) is 41.1 Å². The van der Waals surface area contributed by atoms with E-state index in [9.17, 15) is 24.1 Å². The molecule has 2 unspecified atom stereocenters. The molecule has 4 aliphatic carbocycles. The number of hydrogen-bond donors (Lipinski definition) is 3. The lowest BCUT2D eigenvalue weighted by Crippen LogP contribution is -2.62. The molecule has 0 saturated heterocycles. The van der Waals surface area contributed by atoms with Crippen molar-refractivity contribution in [3.63, 3.8) is 0 Å². The van der Waals surface area contributed by atoms with E-state index in [2.05, 4.69) is 27.7 Å². The molecular weight excluding hydrogens is 470 g/mol. The van der Waals surface area contributed by atoms with Gasteiger partial charge in [0.1, 0.15) is 0 Å². The van der Waals surface area contributed by atoms with Gasteiger partial charge in [-0.3, -0.25) is 0 Å². The molecular formula is C32H46F2O3. The third kappa shape index (κ3) is 4.36. The average Bonchev–Trinajstić information content (AvgIpc) is 3.21. The van der Waals surface area contributed by atoms with E-state index in [4.69, 9.17) is 0 Å². The minimum atomic E-state index is -0.935. The van der Waals surface area contributed by atoms with Crippen LogP contribution in [0.2, 0.25) is 0 Å². The first-order chi connectivity index (χ1) is 17.5. The summed E-state index contributed by atoms with van der Waals surface area (Å²) in [4.78, 5) is 0. The lowest BCUT2D eigenvalue weighted by Gasteiger charge is -2.64. The minimum Gasteiger partial charge on any atom is -0.503 e. The fourth-order valence-corrected chi connectivity index (χ4v) is 10.2. The summed E-state index contributed by atoms with van der Waals surface area (Å²) in [5, 5.41) is 31.7. The zero-order valence-electron chi connectivity index (χ0n) is 23.0. The molecule has 4 aliphatic rings. The summed E-state index contributed by atoms with van der Waals surface area (Å²) in [6, 6.07) is 2.33. The fraction of sp³-hybridized carbons (Fsp3) is 0.750. The van der Waals surface area contributed by atoms with Crippen molar-refractivity contribution in [2.45, 2.75) is 97.7 Å². The largest absolute Gasteiger partial charge is 0.503 e. The van der Waals surface area contributed by atoms with Crippen LogP contribution in [0, 0.1) is 63.9 Å². The molecule has 3 nitrogen and oxygen atoms in total. The lowest BCUT2D eigenvalue weighted by atomic mass is 9.41. The first kappa shape index (κ1) is 27.1. The van der Waals surface area contributed by atoms with Crippen molar-refractivity contribution in [3.8, 4) is 5.75 Å². The molecule has 0 radical (unpaired) electrons. The Labute approximate surface area is 221 Å². The molecule has 206 valence electrons. The van der Waals surface area contributed by atoms with Crippen LogP contribution in [0.1, 0.15) is 91.0 Å². The number of halogens is 2. The maximum atomic E-state index is 13.7. The van der Waals surface area contributed by atoms with Crippen molar-refractivity contribution in [2.24, 2.45) is 52.3 Å². The van der Waals surface area contributed by atoms with E-state index in [1.165, 1.54) is 37.8 Å². The summed E-state index contributed by atoms with van der Waals surface area (Å²) in [5.74, 6) is 0.290. The normalized spacial score (nSPS) is 44.3. The van der Waals surface area contributed by atoms with E-state index in [-0.39, 0.29) is 29.0 Å². The highest BCUT2D eigenvalue weighted by atomic mass is 19.1. The van der Waals surface area contributed by atoms with Gasteiger partial charge < -0.3 is 15.3 Å². The SMILES string of the molecule is CC[C@H]1[C@@H](O)C2[C@@H]3CC[C@H]([C@H](C)C/C=C/c4cc(F)c(O)c(F)c4)C3(C)CC[C@@H]2[C@@]2(C)CC[C@@H](O)C[C@@H]12. The Morgan fingerprint density at radius 3 is 2.30 bits per heavy atom. The first-order valence-corrected chi connectivity index (χ1v) is 14.7. The number of aromatic hydroxyl groups is 1. The molecule has 0 bridgehead atoms. The smallest absolute Gasteiger partial charge is 0.187 e. The van der Waals surface area contributed by atoms with Crippen molar-refractivity contribution in [3.05, 3.63) is 35.4 Å². The molecule has 3 N–H and O–H groups in total. The highest BCUT2D eigenvalue weighted by Crippen LogP contribution is 2.69. The lowest BCUT2D eigenvalue weighted by molar-refractivity contribution is -0.203.